The second-order valence-electron chi connectivity index (χ2n) is 6.57. The molecule has 0 aliphatic carbocycles. The van der Waals surface area contributed by atoms with Gasteiger partial charge in [-0.05, 0) is 31.9 Å². The molecule has 0 bridgehead atoms. The third-order valence-corrected chi connectivity index (χ3v) is 4.75. The van der Waals surface area contributed by atoms with Gasteiger partial charge in [0.1, 0.15) is 5.75 Å². The molecule has 132 valence electrons. The largest absolute Gasteiger partial charge is 0.493 e. The van der Waals surface area contributed by atoms with E-state index in [1.807, 2.05) is 18.2 Å². The molecule has 1 atom stereocenters. The summed E-state index contributed by atoms with van der Waals surface area (Å²) in [5, 5.41) is 12.8. The summed E-state index contributed by atoms with van der Waals surface area (Å²) in [4.78, 5) is 6.85. The van der Waals surface area contributed by atoms with Gasteiger partial charge in [0.15, 0.2) is 5.96 Å². The van der Waals surface area contributed by atoms with E-state index >= 15 is 0 Å². The van der Waals surface area contributed by atoms with Gasteiger partial charge in [0.25, 0.3) is 0 Å². The van der Waals surface area contributed by atoms with Crippen molar-refractivity contribution in [3.63, 3.8) is 0 Å². The van der Waals surface area contributed by atoms with Crippen molar-refractivity contribution in [2.45, 2.75) is 37.8 Å². The van der Waals surface area contributed by atoms with Crippen LogP contribution in [0.4, 0.5) is 0 Å². The van der Waals surface area contributed by atoms with E-state index in [1.54, 1.807) is 0 Å². The minimum atomic E-state index is -0.110. The zero-order valence-corrected chi connectivity index (χ0v) is 14.2. The van der Waals surface area contributed by atoms with Crippen LogP contribution in [-0.4, -0.2) is 54.9 Å². The highest BCUT2D eigenvalue weighted by atomic mass is 16.5. The van der Waals surface area contributed by atoms with Crippen molar-refractivity contribution >= 4 is 5.96 Å². The second kappa shape index (κ2) is 8.35. The van der Waals surface area contributed by atoms with Gasteiger partial charge in [-0.1, -0.05) is 18.2 Å². The maximum absolute atomic E-state index is 9.51. The minimum absolute atomic E-state index is 0.110. The van der Waals surface area contributed by atoms with E-state index in [4.69, 9.17) is 10.5 Å². The number of guanidine groups is 1. The molecule has 6 heteroatoms. The predicted molar refractivity (Wildman–Crippen MR) is 95.2 cm³/mol. The summed E-state index contributed by atoms with van der Waals surface area (Å²) >= 11 is 0. The van der Waals surface area contributed by atoms with Crippen LogP contribution >= 0.6 is 0 Å². The van der Waals surface area contributed by atoms with Crippen LogP contribution in [0, 0.1) is 0 Å². The summed E-state index contributed by atoms with van der Waals surface area (Å²) in [6.45, 7) is 4.41. The zero-order chi connectivity index (χ0) is 16.8. The molecule has 2 aliphatic heterocycles. The Morgan fingerprint density at radius 1 is 1.29 bits per heavy atom. The lowest BCUT2D eigenvalue weighted by atomic mass is 10.0. The van der Waals surface area contributed by atoms with E-state index in [-0.39, 0.29) is 12.1 Å². The van der Waals surface area contributed by atoms with Crippen LogP contribution in [0.3, 0.4) is 0 Å². The number of aliphatic hydroxyl groups is 1. The Hall–Kier alpha value is -1.79. The van der Waals surface area contributed by atoms with Crippen LogP contribution in [0.15, 0.2) is 29.3 Å². The summed E-state index contributed by atoms with van der Waals surface area (Å²) < 4.78 is 5.66. The first-order chi connectivity index (χ1) is 11.7. The van der Waals surface area contributed by atoms with Gasteiger partial charge in [0.2, 0.25) is 0 Å². The average Bonchev–Trinajstić information content (AvgIpc) is 2.61. The third kappa shape index (κ3) is 4.61. The van der Waals surface area contributed by atoms with Crippen LogP contribution in [0.2, 0.25) is 0 Å². The highest BCUT2D eigenvalue weighted by Gasteiger charge is 2.21. The molecule has 0 saturated carbocycles. The molecule has 4 N–H and O–H groups in total. The van der Waals surface area contributed by atoms with Gasteiger partial charge < -0.3 is 25.8 Å². The Morgan fingerprint density at radius 3 is 2.92 bits per heavy atom. The fraction of sp³-hybridized carbons (Fsp3) is 0.611. The molecule has 1 aromatic rings. The fourth-order valence-corrected chi connectivity index (χ4v) is 3.35. The van der Waals surface area contributed by atoms with Crippen molar-refractivity contribution in [2.75, 3.05) is 32.8 Å². The number of nitrogens with two attached hydrogens (primary N) is 1. The maximum Gasteiger partial charge on any atom is 0.189 e. The topological polar surface area (TPSA) is 83.1 Å². The van der Waals surface area contributed by atoms with E-state index in [1.165, 1.54) is 0 Å². The SMILES string of the molecule is NC(=NCCCN1CCC(O)CC1)NC1CCOc2ccccc21. The monoisotopic (exact) mass is 332 g/mol. The molecular weight excluding hydrogens is 304 g/mol. The third-order valence-electron chi connectivity index (χ3n) is 4.75. The smallest absolute Gasteiger partial charge is 0.189 e. The lowest BCUT2D eigenvalue weighted by molar-refractivity contribution is 0.0824. The molecule has 2 aliphatic rings. The summed E-state index contributed by atoms with van der Waals surface area (Å²) in [5.41, 5.74) is 7.20. The normalized spacial score (nSPS) is 22.7. The van der Waals surface area contributed by atoms with E-state index in [0.29, 0.717) is 12.6 Å². The summed E-state index contributed by atoms with van der Waals surface area (Å²) in [6, 6.07) is 8.24. The van der Waals surface area contributed by atoms with Gasteiger partial charge in [-0.3, -0.25) is 4.99 Å². The number of nitrogens with zero attached hydrogens (tertiary/aromatic N) is 2. The number of aliphatic hydroxyl groups excluding tert-OH is 1. The Morgan fingerprint density at radius 2 is 2.08 bits per heavy atom. The quantitative estimate of drug-likeness (QED) is 0.430. The molecule has 2 heterocycles. The number of benzene rings is 1. The molecule has 1 fully saturated rings. The number of fused-ring (bicyclic) bond motifs is 1. The van der Waals surface area contributed by atoms with Gasteiger partial charge in [-0.2, -0.15) is 0 Å². The molecular formula is C18H28N4O2. The number of para-hydroxylation sites is 1. The lowest BCUT2D eigenvalue weighted by Gasteiger charge is -2.29. The van der Waals surface area contributed by atoms with Gasteiger partial charge in [-0.15, -0.1) is 0 Å². The van der Waals surface area contributed by atoms with Crippen molar-refractivity contribution < 1.29 is 9.84 Å². The molecule has 1 aromatic carbocycles. The van der Waals surface area contributed by atoms with Crippen LogP contribution in [0.5, 0.6) is 5.75 Å². The van der Waals surface area contributed by atoms with Crippen LogP contribution in [0.1, 0.15) is 37.3 Å². The average molecular weight is 332 g/mol. The zero-order valence-electron chi connectivity index (χ0n) is 14.2. The molecule has 0 radical (unpaired) electrons. The number of ether oxygens (including phenoxy) is 1. The highest BCUT2D eigenvalue weighted by molar-refractivity contribution is 5.78. The van der Waals surface area contributed by atoms with E-state index in [2.05, 4.69) is 21.3 Å². The van der Waals surface area contributed by atoms with E-state index in [0.717, 1.165) is 63.2 Å². The Kier molecular flexibility index (Phi) is 5.93. The maximum atomic E-state index is 9.51. The fourth-order valence-electron chi connectivity index (χ4n) is 3.35. The summed E-state index contributed by atoms with van der Waals surface area (Å²) in [7, 11) is 0. The van der Waals surface area contributed by atoms with E-state index in [9.17, 15) is 5.11 Å². The molecule has 0 amide bonds. The number of piperidine rings is 1. The van der Waals surface area contributed by atoms with Crippen LogP contribution in [-0.2, 0) is 0 Å². The Labute approximate surface area is 143 Å². The first-order valence-electron chi connectivity index (χ1n) is 8.91. The molecule has 0 spiro atoms. The molecule has 24 heavy (non-hydrogen) atoms. The van der Waals surface area contributed by atoms with Gasteiger partial charge in [-0.25, -0.2) is 0 Å². The molecule has 1 unspecified atom stereocenters. The Bertz CT molecular complexity index is 556. The van der Waals surface area contributed by atoms with Crippen LogP contribution in [0.25, 0.3) is 0 Å². The van der Waals surface area contributed by atoms with Gasteiger partial charge in [0.05, 0.1) is 18.8 Å². The molecule has 6 nitrogen and oxygen atoms in total. The van der Waals surface area contributed by atoms with Crippen LogP contribution < -0.4 is 15.8 Å². The number of nitrogens with one attached hydrogen (secondary N) is 1. The van der Waals surface area contributed by atoms with Gasteiger partial charge in [0, 0.05) is 31.6 Å². The second-order valence-corrected chi connectivity index (χ2v) is 6.57. The summed E-state index contributed by atoms with van der Waals surface area (Å²) in [6.07, 6.45) is 3.54. The predicted octanol–water partition coefficient (Wildman–Crippen LogP) is 1.26. The standard InChI is InChI=1S/C18H28N4O2/c19-18(20-9-3-10-22-11-6-14(23)7-12-22)21-16-8-13-24-17-5-2-1-4-15(16)17/h1-2,4-5,14,16,23H,3,6-13H2,(H3,19,20,21). The summed E-state index contributed by atoms with van der Waals surface area (Å²) in [5.74, 6) is 1.44. The van der Waals surface area contributed by atoms with Gasteiger partial charge >= 0.3 is 0 Å². The van der Waals surface area contributed by atoms with Crippen molar-refractivity contribution in [1.82, 2.24) is 10.2 Å². The van der Waals surface area contributed by atoms with Crippen molar-refractivity contribution in [3.05, 3.63) is 29.8 Å². The number of hydrogen-bond acceptors (Lipinski definition) is 4. The van der Waals surface area contributed by atoms with Crippen molar-refractivity contribution in [3.8, 4) is 5.75 Å². The lowest BCUT2D eigenvalue weighted by Crippen LogP contribution is -2.38. The Balaban J connectivity index is 1.42. The van der Waals surface area contributed by atoms with E-state index < -0.39 is 0 Å². The minimum Gasteiger partial charge on any atom is -0.493 e. The first kappa shape index (κ1) is 17.0. The van der Waals surface area contributed by atoms with Crippen molar-refractivity contribution in [2.24, 2.45) is 10.7 Å². The number of likely N-dealkylation sites (tertiary alicyclic amines) is 1. The first-order valence-corrected chi connectivity index (χ1v) is 8.91. The number of aliphatic imine (C=N–C) groups is 1. The highest BCUT2D eigenvalue weighted by Crippen LogP contribution is 2.31. The molecule has 1 saturated heterocycles. The molecule has 3 rings (SSSR count). The van der Waals surface area contributed by atoms with Crippen molar-refractivity contribution in [1.29, 1.82) is 0 Å². The molecule has 0 aromatic heterocycles. The number of hydrogen-bond donors (Lipinski definition) is 3. The number of rotatable bonds is 5.